The van der Waals surface area contributed by atoms with Gasteiger partial charge in [0.15, 0.2) is 0 Å². The van der Waals surface area contributed by atoms with Crippen LogP contribution < -0.4 is 11.2 Å². The van der Waals surface area contributed by atoms with E-state index < -0.39 is 41.4 Å². The van der Waals surface area contributed by atoms with Gasteiger partial charge in [0, 0.05) is 96.4 Å². The van der Waals surface area contributed by atoms with Gasteiger partial charge in [-0.3, -0.25) is 34.2 Å². The topological polar surface area (TPSA) is 175 Å². The lowest BCUT2D eigenvalue weighted by Crippen LogP contribution is -2.71. The van der Waals surface area contributed by atoms with Gasteiger partial charge in [0.05, 0.1) is 69.2 Å². The van der Waals surface area contributed by atoms with Crippen LogP contribution >= 0.6 is 11.8 Å². The minimum atomic E-state index is -0.756. The Labute approximate surface area is 422 Å². The number of hydrogen-bond donors (Lipinski definition) is 2. The number of methoxy groups -OCH3 is 1. The van der Waals surface area contributed by atoms with E-state index >= 15 is 4.79 Å². The van der Waals surface area contributed by atoms with Crippen molar-refractivity contribution in [3.8, 4) is 23.1 Å². The molecule has 2 amide bonds. The molecule has 1 saturated carbocycles. The molecule has 7 atom stereocenters. The van der Waals surface area contributed by atoms with E-state index in [1.54, 1.807) is 23.9 Å². The standard InChI is InChI=1S/C54H72N8O8S/c1-9-44-49(60-17-21-68-22-18-60)47(57-51(63)50-32(3)29-69-50)52(64)62-38-24-37(25-38)46(58-62)53(65)70-31-54(6,7)27-41-39-26-36(42(55)30-71-44)13-14-43(39)61(10-2)48(41)40-23-35(28-56-45(40)34(5)66-8)12-11-33(4)59-15-19-67-20-16-59/h13-14,23,26,28,30,32-34,37-38,44,46,49-50,58H,9-10,15-22,24-25,27,29,31,55H2,1-8H3/b42-30-,57-47?/t32-,33+,34-,37?,38?,44?,46-,49+,50-/m0/s1. The van der Waals surface area contributed by atoms with E-state index in [0.29, 0.717) is 84.0 Å². The maximum atomic E-state index is 15.2. The molecule has 6 bridgehead atoms. The zero-order valence-electron chi connectivity index (χ0n) is 42.7. The van der Waals surface area contributed by atoms with Crippen molar-refractivity contribution in [3.63, 3.8) is 0 Å². The predicted molar refractivity (Wildman–Crippen MR) is 275 cm³/mol. The van der Waals surface area contributed by atoms with Crippen LogP contribution in [0.3, 0.4) is 0 Å². The summed E-state index contributed by atoms with van der Waals surface area (Å²) in [5, 5.41) is 4.33. The van der Waals surface area contributed by atoms with Gasteiger partial charge >= 0.3 is 5.97 Å². The number of pyridine rings is 1. The number of fused-ring (bicyclic) bond motifs is 1. The Morgan fingerprint density at radius 3 is 2.46 bits per heavy atom. The third kappa shape index (κ3) is 10.6. The molecule has 1 aliphatic carbocycles. The van der Waals surface area contributed by atoms with Crippen molar-refractivity contribution >= 4 is 51.9 Å². The fourth-order valence-corrected chi connectivity index (χ4v) is 12.1. The molecule has 10 rings (SSSR count). The number of morpholine rings is 2. The van der Waals surface area contributed by atoms with Crippen LogP contribution in [-0.2, 0) is 51.0 Å². The second-order valence-electron chi connectivity index (χ2n) is 20.9. The number of benzene rings is 1. The lowest BCUT2D eigenvalue weighted by Gasteiger charge is -2.53. The number of nitrogens with one attached hydrogen (secondary N) is 1. The van der Waals surface area contributed by atoms with E-state index in [2.05, 4.69) is 90.5 Å². The number of esters is 1. The summed E-state index contributed by atoms with van der Waals surface area (Å²) in [6, 6.07) is 7.06. The molecular formula is C54H72N8O8S. The zero-order chi connectivity index (χ0) is 50.1. The van der Waals surface area contributed by atoms with E-state index in [9.17, 15) is 9.59 Å². The van der Waals surface area contributed by atoms with E-state index in [4.69, 9.17) is 39.4 Å². The number of ether oxygens (including phenoxy) is 5. The monoisotopic (exact) mass is 993 g/mol. The maximum absolute atomic E-state index is 15.2. The van der Waals surface area contributed by atoms with Crippen LogP contribution in [-0.4, -0.2) is 156 Å². The van der Waals surface area contributed by atoms with Crippen LogP contribution in [0.25, 0.3) is 27.9 Å². The van der Waals surface area contributed by atoms with Gasteiger partial charge in [-0.1, -0.05) is 45.6 Å². The lowest BCUT2D eigenvalue weighted by molar-refractivity contribution is -0.167. The number of nitrogens with zero attached hydrogens (tertiary/aromatic N) is 6. The quantitative estimate of drug-likeness (QED) is 0.211. The van der Waals surface area contributed by atoms with Gasteiger partial charge in [0.2, 0.25) is 0 Å². The first-order chi connectivity index (χ1) is 34.2. The molecule has 0 radical (unpaired) electrons. The molecule has 3 N–H and O–H groups in total. The molecule has 8 heterocycles. The normalized spacial score (nSPS) is 29.9. The predicted octanol–water partition coefficient (Wildman–Crippen LogP) is 5.59. The molecule has 0 spiro atoms. The molecule has 17 heteroatoms. The number of carbonyl (C=O) groups is 3. The molecule has 6 aliphatic heterocycles. The van der Waals surface area contributed by atoms with Crippen molar-refractivity contribution < 1.29 is 38.1 Å². The second kappa shape index (κ2) is 21.8. The number of hydrogen-bond acceptors (Lipinski definition) is 14. The number of hydrazine groups is 1. The number of thioether (sulfide) groups is 1. The average Bonchev–Trinajstić information content (AvgIpc) is 3.67. The Balaban J connectivity index is 1.18. The molecule has 3 aromatic rings. The Morgan fingerprint density at radius 1 is 1.07 bits per heavy atom. The van der Waals surface area contributed by atoms with Crippen molar-refractivity contribution in [2.24, 2.45) is 28.0 Å². The Bertz CT molecular complexity index is 2600. The number of cyclic esters (lactones) is 1. The summed E-state index contributed by atoms with van der Waals surface area (Å²) in [7, 11) is 1.70. The summed E-state index contributed by atoms with van der Waals surface area (Å²) in [5.74, 6) is 5.62. The van der Waals surface area contributed by atoms with Gasteiger partial charge in [-0.2, -0.15) is 0 Å². The Hall–Kier alpha value is -4.64. The largest absolute Gasteiger partial charge is 0.464 e. The third-order valence-corrected chi connectivity index (χ3v) is 16.7. The Kier molecular flexibility index (Phi) is 15.8. The first-order valence-electron chi connectivity index (χ1n) is 25.6. The molecule has 5 saturated heterocycles. The van der Waals surface area contributed by atoms with Crippen molar-refractivity contribution in [1.82, 2.24) is 29.8 Å². The zero-order valence-corrected chi connectivity index (χ0v) is 43.5. The minimum Gasteiger partial charge on any atom is -0.464 e. The number of amides is 2. The van der Waals surface area contributed by atoms with E-state index in [0.717, 1.165) is 57.6 Å². The molecular weight excluding hydrogens is 921 g/mol. The van der Waals surface area contributed by atoms with Gasteiger partial charge in [-0.05, 0) is 87.1 Å². The summed E-state index contributed by atoms with van der Waals surface area (Å²) in [5.41, 5.74) is 17.1. The highest BCUT2D eigenvalue weighted by Crippen LogP contribution is 2.43. The van der Waals surface area contributed by atoms with Crippen LogP contribution in [0.4, 0.5) is 0 Å². The highest BCUT2D eigenvalue weighted by molar-refractivity contribution is 8.03. The van der Waals surface area contributed by atoms with Gasteiger partial charge in [0.1, 0.15) is 17.9 Å². The Morgan fingerprint density at radius 2 is 1.80 bits per heavy atom. The van der Waals surface area contributed by atoms with Crippen LogP contribution in [0, 0.1) is 29.1 Å². The first-order valence-corrected chi connectivity index (χ1v) is 26.6. The van der Waals surface area contributed by atoms with Gasteiger partial charge < -0.3 is 34.0 Å². The number of aliphatic imine (C=N–C) groups is 1. The number of carbonyl (C=O) groups excluding carboxylic acids is 3. The third-order valence-electron chi connectivity index (χ3n) is 15.3. The summed E-state index contributed by atoms with van der Waals surface area (Å²) < 4.78 is 31.8. The smallest absolute Gasteiger partial charge is 0.325 e. The molecule has 1 unspecified atom stereocenters. The second-order valence-corrected chi connectivity index (χ2v) is 22.0. The van der Waals surface area contributed by atoms with Crippen molar-refractivity contribution in [1.29, 1.82) is 0 Å². The van der Waals surface area contributed by atoms with Crippen molar-refractivity contribution in [2.45, 2.75) is 122 Å². The van der Waals surface area contributed by atoms with E-state index in [-0.39, 0.29) is 47.6 Å². The highest BCUT2D eigenvalue weighted by Gasteiger charge is 2.52. The SMILES string of the molecule is CCC1S/C=C(\N)c2ccc3c(c2)c(c(-c2cc(C#C[C@@H](C)N4CCOCC4)cnc2[C@H](C)OC)n3CC)CC(C)(C)COC(=O)[C@H]2NN(C(=O)C(=NC(=O)[C@H]3OC[C@@H]3C)[C@@H]1N1CCOCC1)C1CC2C1. The molecule has 71 heavy (non-hydrogen) atoms. The number of nitrogens with two attached hydrogens (primary N) is 1. The van der Waals surface area contributed by atoms with Crippen molar-refractivity contribution in [3.05, 3.63) is 58.3 Å². The van der Waals surface area contributed by atoms with Gasteiger partial charge in [-0.15, -0.1) is 11.8 Å². The van der Waals surface area contributed by atoms with Crippen LogP contribution in [0.5, 0.6) is 0 Å². The van der Waals surface area contributed by atoms with Crippen LogP contribution in [0.1, 0.15) is 96.2 Å². The molecule has 16 nitrogen and oxygen atoms in total. The average molecular weight is 993 g/mol. The van der Waals surface area contributed by atoms with Gasteiger partial charge in [-0.25, -0.2) is 10.4 Å². The summed E-state index contributed by atoms with van der Waals surface area (Å²) in [6.07, 6.45) is 3.22. The fraction of sp³-hybridized carbons (Fsp3) is 0.611. The molecule has 382 valence electrons. The summed E-state index contributed by atoms with van der Waals surface area (Å²) >= 11 is 1.55. The summed E-state index contributed by atoms with van der Waals surface area (Å²) in [6.45, 7) is 20.9. The van der Waals surface area contributed by atoms with Crippen LogP contribution in [0.2, 0.25) is 0 Å². The molecule has 1 aromatic carbocycles. The number of aromatic nitrogens is 2. The van der Waals surface area contributed by atoms with Crippen molar-refractivity contribution in [2.75, 3.05) is 72.9 Å². The molecule has 7 aliphatic rings. The minimum absolute atomic E-state index is 0.00408. The van der Waals surface area contributed by atoms with Crippen LogP contribution in [0.15, 0.2) is 40.9 Å². The summed E-state index contributed by atoms with van der Waals surface area (Å²) in [4.78, 5) is 58.0. The highest BCUT2D eigenvalue weighted by atomic mass is 32.2. The molecule has 2 aromatic heterocycles. The maximum Gasteiger partial charge on any atom is 0.325 e. The van der Waals surface area contributed by atoms with Gasteiger partial charge in [0.25, 0.3) is 11.8 Å². The fourth-order valence-electron chi connectivity index (χ4n) is 11.0. The van der Waals surface area contributed by atoms with E-state index in [1.165, 1.54) is 0 Å². The molecule has 6 fully saturated rings. The number of aryl methyl sites for hydroxylation is 1. The lowest BCUT2D eigenvalue weighted by atomic mass is 9.73. The number of rotatable bonds is 8. The first kappa shape index (κ1) is 51.3. The van der Waals surface area contributed by atoms with E-state index in [1.807, 2.05) is 25.5 Å².